The molecule has 0 saturated carbocycles. The van der Waals surface area contributed by atoms with Crippen LogP contribution in [0.4, 0.5) is 4.39 Å². The van der Waals surface area contributed by atoms with Crippen molar-refractivity contribution >= 4 is 34.7 Å². The highest BCUT2D eigenvalue weighted by molar-refractivity contribution is 8.13. The lowest BCUT2D eigenvalue weighted by molar-refractivity contribution is 0.300. The van der Waals surface area contributed by atoms with Crippen molar-refractivity contribution in [3.63, 3.8) is 0 Å². The molecule has 7 heteroatoms. The standard InChI is InChI=1S/C22H19ClFN3OS/c23-20-7-4-8-21(24)19(20)14-28-18-11-9-16(10-12-18)13-26-27-22(25)29-15-17-5-2-1-3-6-17/h1-13H,14-15H2,(H2,25,27). The average Bonchev–Trinajstić information content (AvgIpc) is 2.74. The van der Waals surface area contributed by atoms with Crippen molar-refractivity contribution in [3.05, 3.63) is 100 Å². The minimum absolute atomic E-state index is 0.0540. The molecule has 0 radical (unpaired) electrons. The van der Waals surface area contributed by atoms with Gasteiger partial charge in [0, 0.05) is 11.3 Å². The van der Waals surface area contributed by atoms with Crippen molar-refractivity contribution in [3.8, 4) is 5.75 Å². The monoisotopic (exact) mass is 427 g/mol. The SMILES string of the molecule is NC(=NN=Cc1ccc(OCc2c(F)cccc2Cl)cc1)SCc1ccccc1. The van der Waals surface area contributed by atoms with Crippen LogP contribution in [0.1, 0.15) is 16.7 Å². The summed E-state index contributed by atoms with van der Waals surface area (Å²) in [7, 11) is 0. The summed E-state index contributed by atoms with van der Waals surface area (Å²) in [6.07, 6.45) is 1.60. The van der Waals surface area contributed by atoms with Crippen LogP contribution in [0.2, 0.25) is 5.02 Å². The van der Waals surface area contributed by atoms with Gasteiger partial charge in [0.05, 0.1) is 11.2 Å². The van der Waals surface area contributed by atoms with Crippen LogP contribution >= 0.6 is 23.4 Å². The van der Waals surface area contributed by atoms with Gasteiger partial charge in [0.1, 0.15) is 18.2 Å². The Kier molecular flexibility index (Phi) is 7.67. The Morgan fingerprint density at radius 3 is 2.52 bits per heavy atom. The summed E-state index contributed by atoms with van der Waals surface area (Å²) in [5, 5.41) is 8.74. The number of amidine groups is 1. The molecule has 3 aromatic rings. The molecule has 0 heterocycles. The zero-order valence-corrected chi connectivity index (χ0v) is 17.0. The molecule has 0 bridgehead atoms. The van der Waals surface area contributed by atoms with Crippen LogP contribution in [-0.2, 0) is 12.4 Å². The molecule has 0 fully saturated rings. The molecule has 0 aliphatic heterocycles. The van der Waals surface area contributed by atoms with Crippen molar-refractivity contribution in [2.75, 3.05) is 0 Å². The largest absolute Gasteiger partial charge is 0.489 e. The molecule has 0 amide bonds. The van der Waals surface area contributed by atoms with Crippen LogP contribution in [0, 0.1) is 5.82 Å². The minimum Gasteiger partial charge on any atom is -0.489 e. The smallest absolute Gasteiger partial charge is 0.180 e. The van der Waals surface area contributed by atoms with Crippen molar-refractivity contribution in [1.82, 2.24) is 0 Å². The lowest BCUT2D eigenvalue weighted by Gasteiger charge is -2.08. The topological polar surface area (TPSA) is 60.0 Å². The number of rotatable bonds is 7. The molecule has 0 spiro atoms. The molecular weight excluding hydrogens is 409 g/mol. The Bertz CT molecular complexity index is 974. The van der Waals surface area contributed by atoms with Crippen molar-refractivity contribution in [2.24, 2.45) is 15.9 Å². The Labute approximate surface area is 178 Å². The van der Waals surface area contributed by atoms with E-state index in [1.165, 1.54) is 23.4 Å². The molecule has 148 valence electrons. The van der Waals surface area contributed by atoms with Gasteiger partial charge in [-0.1, -0.05) is 59.8 Å². The second-order valence-corrected chi connectivity index (χ2v) is 7.42. The van der Waals surface area contributed by atoms with E-state index >= 15 is 0 Å². The van der Waals surface area contributed by atoms with Gasteiger partial charge in [-0.3, -0.25) is 0 Å². The van der Waals surface area contributed by atoms with Crippen LogP contribution in [0.25, 0.3) is 0 Å². The lowest BCUT2D eigenvalue weighted by atomic mass is 10.2. The van der Waals surface area contributed by atoms with E-state index in [0.717, 1.165) is 11.3 Å². The molecule has 3 aromatic carbocycles. The van der Waals surface area contributed by atoms with Crippen LogP contribution in [0.5, 0.6) is 5.75 Å². The summed E-state index contributed by atoms with van der Waals surface area (Å²) in [4.78, 5) is 0. The van der Waals surface area contributed by atoms with E-state index < -0.39 is 0 Å². The highest BCUT2D eigenvalue weighted by Gasteiger charge is 2.07. The van der Waals surface area contributed by atoms with Gasteiger partial charge in [-0.05, 0) is 47.5 Å². The summed E-state index contributed by atoms with van der Waals surface area (Å²) in [6, 6.07) is 21.8. The lowest BCUT2D eigenvalue weighted by Crippen LogP contribution is -2.06. The highest BCUT2D eigenvalue weighted by atomic mass is 35.5. The predicted octanol–water partition coefficient (Wildman–Crippen LogP) is 5.64. The zero-order chi connectivity index (χ0) is 20.5. The van der Waals surface area contributed by atoms with Gasteiger partial charge in [0.25, 0.3) is 0 Å². The van der Waals surface area contributed by atoms with Crippen molar-refractivity contribution < 1.29 is 9.13 Å². The summed E-state index contributed by atoms with van der Waals surface area (Å²) < 4.78 is 19.4. The molecule has 2 N–H and O–H groups in total. The molecule has 0 saturated heterocycles. The van der Waals surface area contributed by atoms with Crippen LogP contribution < -0.4 is 10.5 Å². The first-order chi connectivity index (χ1) is 14.1. The van der Waals surface area contributed by atoms with E-state index in [9.17, 15) is 4.39 Å². The number of nitrogens with two attached hydrogens (primary N) is 1. The predicted molar refractivity (Wildman–Crippen MR) is 119 cm³/mol. The van der Waals surface area contributed by atoms with E-state index in [4.69, 9.17) is 22.1 Å². The summed E-state index contributed by atoms with van der Waals surface area (Å²) >= 11 is 7.43. The molecule has 29 heavy (non-hydrogen) atoms. The van der Waals surface area contributed by atoms with Crippen LogP contribution in [0.3, 0.4) is 0 Å². The first-order valence-electron chi connectivity index (χ1n) is 8.81. The Hall–Kier alpha value is -2.83. The zero-order valence-electron chi connectivity index (χ0n) is 15.5. The number of thioether (sulfide) groups is 1. The average molecular weight is 428 g/mol. The van der Waals surface area contributed by atoms with Gasteiger partial charge in [-0.2, -0.15) is 5.10 Å². The molecule has 0 aliphatic rings. The molecule has 0 atom stereocenters. The molecule has 0 unspecified atom stereocenters. The maximum Gasteiger partial charge on any atom is 0.180 e. The number of nitrogens with zero attached hydrogens (tertiary/aromatic N) is 2. The van der Waals surface area contributed by atoms with E-state index in [-0.39, 0.29) is 12.4 Å². The first kappa shape index (κ1) is 20.9. The first-order valence-corrected chi connectivity index (χ1v) is 10.2. The fourth-order valence-electron chi connectivity index (χ4n) is 2.39. The fourth-order valence-corrected chi connectivity index (χ4v) is 3.22. The second kappa shape index (κ2) is 10.6. The third kappa shape index (κ3) is 6.62. The van der Waals surface area contributed by atoms with E-state index in [2.05, 4.69) is 10.2 Å². The van der Waals surface area contributed by atoms with Gasteiger partial charge in [-0.25, -0.2) is 4.39 Å². The Morgan fingerprint density at radius 2 is 1.79 bits per heavy atom. The summed E-state index contributed by atoms with van der Waals surface area (Å²) in [6.45, 7) is 0.0540. The molecule has 0 aromatic heterocycles. The van der Waals surface area contributed by atoms with Gasteiger partial charge in [-0.15, -0.1) is 5.10 Å². The number of benzene rings is 3. The third-order valence-electron chi connectivity index (χ3n) is 3.92. The molecular formula is C22H19ClFN3OS. The maximum atomic E-state index is 13.8. The number of hydrogen-bond donors (Lipinski definition) is 1. The van der Waals surface area contributed by atoms with E-state index in [1.807, 2.05) is 42.5 Å². The minimum atomic E-state index is -0.387. The Morgan fingerprint density at radius 1 is 1.03 bits per heavy atom. The van der Waals surface area contributed by atoms with Gasteiger partial charge < -0.3 is 10.5 Å². The highest BCUT2D eigenvalue weighted by Crippen LogP contribution is 2.21. The third-order valence-corrected chi connectivity index (χ3v) is 5.13. The van der Waals surface area contributed by atoms with E-state index in [1.54, 1.807) is 30.5 Å². The number of ether oxygens (including phenoxy) is 1. The number of hydrogen-bond acceptors (Lipinski definition) is 4. The second-order valence-electron chi connectivity index (χ2n) is 6.02. The fraction of sp³-hybridized carbons (Fsp3) is 0.0909. The summed E-state index contributed by atoms with van der Waals surface area (Å²) in [5.41, 5.74) is 8.21. The number of halogens is 2. The summed E-state index contributed by atoms with van der Waals surface area (Å²) in [5.74, 6) is 0.953. The van der Waals surface area contributed by atoms with Crippen molar-refractivity contribution in [1.29, 1.82) is 0 Å². The normalized spacial score (nSPS) is 11.7. The molecule has 4 nitrogen and oxygen atoms in total. The van der Waals surface area contributed by atoms with Crippen LogP contribution in [-0.4, -0.2) is 11.4 Å². The quantitative estimate of drug-likeness (QED) is 0.301. The van der Waals surface area contributed by atoms with Gasteiger partial charge in [0.2, 0.25) is 0 Å². The van der Waals surface area contributed by atoms with Crippen molar-refractivity contribution in [2.45, 2.75) is 12.4 Å². The van der Waals surface area contributed by atoms with Gasteiger partial charge in [0.15, 0.2) is 5.17 Å². The molecule has 3 rings (SSSR count). The van der Waals surface area contributed by atoms with E-state index in [0.29, 0.717) is 21.5 Å². The maximum absolute atomic E-state index is 13.8. The Balaban J connectivity index is 1.50. The molecule has 0 aliphatic carbocycles. The van der Waals surface area contributed by atoms with Gasteiger partial charge >= 0.3 is 0 Å². The van der Waals surface area contributed by atoms with Crippen LogP contribution in [0.15, 0.2) is 83.0 Å².